The third kappa shape index (κ3) is 6.15. The van der Waals surface area contributed by atoms with Crippen molar-refractivity contribution in [1.82, 2.24) is 9.97 Å². The summed E-state index contributed by atoms with van der Waals surface area (Å²) in [5.41, 5.74) is 2.25. The van der Waals surface area contributed by atoms with Crippen LogP contribution < -0.4 is 9.64 Å². The van der Waals surface area contributed by atoms with Gasteiger partial charge >= 0.3 is 0 Å². The number of aromatic nitrogens is 2. The van der Waals surface area contributed by atoms with E-state index in [0.29, 0.717) is 0 Å². The zero-order chi connectivity index (χ0) is 19.9. The molecule has 146 valence electrons. The van der Waals surface area contributed by atoms with E-state index in [1.54, 1.807) is 30.6 Å². The van der Waals surface area contributed by atoms with Crippen LogP contribution in [0.15, 0.2) is 69.1 Å². The molecule has 0 aliphatic carbocycles. The number of methoxy groups -OCH3 is 1. The van der Waals surface area contributed by atoms with E-state index in [-0.39, 0.29) is 0 Å². The second-order valence-electron chi connectivity index (χ2n) is 6.27. The smallest absolute Gasteiger partial charge is 0.190 e. The topological polar surface area (TPSA) is 38.2 Å². The van der Waals surface area contributed by atoms with Crippen LogP contribution >= 0.6 is 39.5 Å². The summed E-state index contributed by atoms with van der Waals surface area (Å²) in [6, 6.07) is 18.5. The quantitative estimate of drug-likeness (QED) is 0.298. The second-order valence-corrected chi connectivity index (χ2v) is 9.18. The molecule has 2 aromatic carbocycles. The Kier molecular flexibility index (Phi) is 7.65. The predicted molar refractivity (Wildman–Crippen MR) is 123 cm³/mol. The first-order valence-electron chi connectivity index (χ1n) is 8.73. The molecule has 0 atom stereocenters. The van der Waals surface area contributed by atoms with Crippen LogP contribution in [0.25, 0.3) is 0 Å². The molecule has 0 radical (unpaired) electrons. The van der Waals surface area contributed by atoms with Crippen LogP contribution in [0.5, 0.6) is 5.75 Å². The molecule has 0 fully saturated rings. The summed E-state index contributed by atoms with van der Waals surface area (Å²) in [6.07, 6.45) is 0. The van der Waals surface area contributed by atoms with Crippen molar-refractivity contribution in [3.05, 3.63) is 70.3 Å². The molecule has 4 nitrogen and oxygen atoms in total. The third-order valence-corrected chi connectivity index (χ3v) is 6.42. The SMILES string of the molecule is COc1ccc(CSc2nc(CSc3ccc(Br)cc3)cc(N(C)C)n2)cc1. The van der Waals surface area contributed by atoms with Crippen LogP contribution in [0.4, 0.5) is 5.82 Å². The van der Waals surface area contributed by atoms with Crippen molar-refractivity contribution in [3.8, 4) is 5.75 Å². The third-order valence-electron chi connectivity index (χ3n) is 3.93. The van der Waals surface area contributed by atoms with Crippen LogP contribution in [0.3, 0.4) is 0 Å². The van der Waals surface area contributed by atoms with Gasteiger partial charge < -0.3 is 9.64 Å². The number of rotatable bonds is 8. The average Bonchev–Trinajstić information content (AvgIpc) is 2.72. The minimum absolute atomic E-state index is 0.799. The highest BCUT2D eigenvalue weighted by Gasteiger charge is 2.08. The first-order chi connectivity index (χ1) is 13.5. The Balaban J connectivity index is 1.70. The van der Waals surface area contributed by atoms with Gasteiger partial charge in [-0.15, -0.1) is 11.8 Å². The maximum absolute atomic E-state index is 5.22. The summed E-state index contributed by atoms with van der Waals surface area (Å²) >= 11 is 6.90. The monoisotopic (exact) mass is 475 g/mol. The maximum atomic E-state index is 5.22. The van der Waals surface area contributed by atoms with E-state index in [1.165, 1.54) is 10.5 Å². The van der Waals surface area contributed by atoms with E-state index in [1.807, 2.05) is 31.1 Å². The van der Waals surface area contributed by atoms with E-state index in [0.717, 1.165) is 38.4 Å². The van der Waals surface area contributed by atoms with Gasteiger partial charge in [-0.25, -0.2) is 9.97 Å². The Labute approximate surface area is 183 Å². The van der Waals surface area contributed by atoms with Crippen LogP contribution in [0, 0.1) is 0 Å². The molecule has 0 spiro atoms. The number of halogens is 1. The zero-order valence-corrected chi connectivity index (χ0v) is 19.3. The molecule has 0 amide bonds. The zero-order valence-electron chi connectivity index (χ0n) is 16.1. The molecule has 3 aromatic rings. The van der Waals surface area contributed by atoms with Gasteiger partial charge in [0.05, 0.1) is 12.8 Å². The van der Waals surface area contributed by atoms with Crippen molar-refractivity contribution < 1.29 is 4.74 Å². The standard InChI is InChI=1S/C21H22BrN3OS2/c1-25(2)20-12-17(14-27-19-10-6-16(22)7-11-19)23-21(24-20)28-13-15-4-8-18(26-3)9-5-15/h4-12H,13-14H2,1-3H3. The van der Waals surface area contributed by atoms with Crippen molar-refractivity contribution in [3.63, 3.8) is 0 Å². The molecule has 3 rings (SSSR count). The lowest BCUT2D eigenvalue weighted by Crippen LogP contribution is -2.12. The van der Waals surface area contributed by atoms with E-state index in [9.17, 15) is 0 Å². The Hall–Kier alpha value is -1.70. The van der Waals surface area contributed by atoms with Gasteiger partial charge in [0.1, 0.15) is 11.6 Å². The summed E-state index contributed by atoms with van der Waals surface area (Å²) in [6.45, 7) is 0. The summed E-state index contributed by atoms with van der Waals surface area (Å²) in [5.74, 6) is 3.42. The Morgan fingerprint density at radius 3 is 2.29 bits per heavy atom. The van der Waals surface area contributed by atoms with E-state index < -0.39 is 0 Å². The molecule has 1 aromatic heterocycles. The molecular formula is C21H22BrN3OS2. The Morgan fingerprint density at radius 1 is 0.929 bits per heavy atom. The summed E-state index contributed by atoms with van der Waals surface area (Å²) in [4.78, 5) is 12.7. The fourth-order valence-corrected chi connectivity index (χ4v) is 4.27. The number of ether oxygens (including phenoxy) is 1. The van der Waals surface area contributed by atoms with E-state index in [4.69, 9.17) is 9.72 Å². The lowest BCUT2D eigenvalue weighted by molar-refractivity contribution is 0.414. The molecule has 0 saturated heterocycles. The van der Waals surface area contributed by atoms with Crippen molar-refractivity contribution in [2.24, 2.45) is 0 Å². The second kappa shape index (κ2) is 10.2. The summed E-state index contributed by atoms with van der Waals surface area (Å²) < 4.78 is 6.31. The molecule has 0 aliphatic heterocycles. The summed E-state index contributed by atoms with van der Waals surface area (Å²) in [5, 5.41) is 0.799. The average molecular weight is 476 g/mol. The lowest BCUT2D eigenvalue weighted by atomic mass is 10.2. The first kappa shape index (κ1) is 21.0. The predicted octanol–water partition coefficient (Wildman–Crippen LogP) is 5.90. The molecule has 0 N–H and O–H groups in total. The van der Waals surface area contributed by atoms with Gasteiger partial charge in [-0.3, -0.25) is 0 Å². The number of nitrogens with zero attached hydrogens (tertiary/aromatic N) is 3. The largest absolute Gasteiger partial charge is 0.497 e. The molecule has 1 heterocycles. The van der Waals surface area contributed by atoms with Crippen molar-refractivity contribution in [1.29, 1.82) is 0 Å². The van der Waals surface area contributed by atoms with Gasteiger partial charge in [0, 0.05) is 41.0 Å². The molecule has 0 unspecified atom stereocenters. The fraction of sp³-hybridized carbons (Fsp3) is 0.238. The molecule has 0 aliphatic rings. The minimum atomic E-state index is 0.799. The number of anilines is 1. The van der Waals surface area contributed by atoms with E-state index in [2.05, 4.69) is 63.4 Å². The number of hydrogen-bond donors (Lipinski definition) is 0. The van der Waals surface area contributed by atoms with Gasteiger partial charge in [0.2, 0.25) is 0 Å². The van der Waals surface area contributed by atoms with Gasteiger partial charge in [-0.05, 0) is 42.0 Å². The molecule has 28 heavy (non-hydrogen) atoms. The van der Waals surface area contributed by atoms with Crippen molar-refractivity contribution in [2.45, 2.75) is 21.6 Å². The maximum Gasteiger partial charge on any atom is 0.190 e. The highest BCUT2D eigenvalue weighted by Crippen LogP contribution is 2.27. The highest BCUT2D eigenvalue weighted by atomic mass is 79.9. The lowest BCUT2D eigenvalue weighted by Gasteiger charge is -2.14. The number of thioether (sulfide) groups is 2. The Bertz CT molecular complexity index is 903. The normalized spacial score (nSPS) is 10.7. The number of hydrogen-bond acceptors (Lipinski definition) is 6. The van der Waals surface area contributed by atoms with Crippen LogP contribution in [0.2, 0.25) is 0 Å². The number of benzene rings is 2. The molecule has 7 heteroatoms. The minimum Gasteiger partial charge on any atom is -0.497 e. The summed E-state index contributed by atoms with van der Waals surface area (Å²) in [7, 11) is 5.69. The van der Waals surface area contributed by atoms with Crippen LogP contribution in [0.1, 0.15) is 11.3 Å². The van der Waals surface area contributed by atoms with Crippen molar-refractivity contribution in [2.75, 3.05) is 26.1 Å². The fourth-order valence-electron chi connectivity index (χ4n) is 2.38. The Morgan fingerprint density at radius 2 is 1.64 bits per heavy atom. The van der Waals surface area contributed by atoms with Gasteiger partial charge in [0.15, 0.2) is 5.16 Å². The van der Waals surface area contributed by atoms with E-state index >= 15 is 0 Å². The van der Waals surface area contributed by atoms with Crippen LogP contribution in [-0.2, 0) is 11.5 Å². The first-order valence-corrected chi connectivity index (χ1v) is 11.5. The van der Waals surface area contributed by atoms with Gasteiger partial charge in [-0.1, -0.05) is 39.8 Å². The van der Waals surface area contributed by atoms with Gasteiger partial charge in [0.25, 0.3) is 0 Å². The van der Waals surface area contributed by atoms with Crippen molar-refractivity contribution >= 4 is 45.3 Å². The van der Waals surface area contributed by atoms with Crippen LogP contribution in [-0.4, -0.2) is 31.2 Å². The highest BCUT2D eigenvalue weighted by molar-refractivity contribution is 9.10. The van der Waals surface area contributed by atoms with Gasteiger partial charge in [-0.2, -0.15) is 0 Å². The molecule has 0 saturated carbocycles. The molecule has 0 bridgehead atoms. The molecular weight excluding hydrogens is 454 g/mol.